The van der Waals surface area contributed by atoms with Crippen LogP contribution in [0.15, 0.2) is 30.3 Å². The number of carbonyl (C=O) groups excluding carboxylic acids is 2. The van der Waals surface area contributed by atoms with Crippen molar-refractivity contribution in [2.24, 2.45) is 0 Å². The van der Waals surface area contributed by atoms with Gasteiger partial charge in [-0.15, -0.1) is 0 Å². The van der Waals surface area contributed by atoms with Crippen LogP contribution in [0.2, 0.25) is 0 Å². The van der Waals surface area contributed by atoms with Gasteiger partial charge in [0.1, 0.15) is 6.04 Å². The van der Waals surface area contributed by atoms with Crippen LogP contribution in [0, 0.1) is 0 Å². The van der Waals surface area contributed by atoms with Crippen LogP contribution in [0.3, 0.4) is 0 Å². The number of nitrogens with zero attached hydrogens (tertiary/aromatic N) is 2. The molecule has 0 bridgehead atoms. The summed E-state index contributed by atoms with van der Waals surface area (Å²) in [6.45, 7) is 3.46. The first-order valence-electron chi connectivity index (χ1n) is 8.37. The molecule has 130 valence electrons. The molecule has 1 saturated heterocycles. The number of hydrogen-bond donors (Lipinski definition) is 1. The van der Waals surface area contributed by atoms with Crippen molar-refractivity contribution < 1.29 is 19.5 Å². The maximum Gasteiger partial charge on any atom is 0.326 e. The van der Waals surface area contributed by atoms with Crippen LogP contribution in [-0.2, 0) is 20.9 Å². The zero-order valence-corrected chi connectivity index (χ0v) is 14.0. The first kappa shape index (κ1) is 18.0. The van der Waals surface area contributed by atoms with E-state index < -0.39 is 12.0 Å². The number of hydrogen-bond acceptors (Lipinski definition) is 3. The monoisotopic (exact) mass is 332 g/mol. The van der Waals surface area contributed by atoms with Gasteiger partial charge in [-0.1, -0.05) is 30.3 Å². The molecule has 1 aromatic rings. The summed E-state index contributed by atoms with van der Waals surface area (Å²) in [5.41, 5.74) is 1.05. The van der Waals surface area contributed by atoms with E-state index in [1.54, 1.807) is 4.90 Å². The fraction of sp³-hybridized carbons (Fsp3) is 0.500. The Morgan fingerprint density at radius 3 is 2.54 bits per heavy atom. The highest BCUT2D eigenvalue weighted by Crippen LogP contribution is 2.19. The second-order valence-corrected chi connectivity index (χ2v) is 5.98. The Kier molecular flexibility index (Phi) is 6.35. The predicted octanol–water partition coefficient (Wildman–Crippen LogP) is 1.89. The highest BCUT2D eigenvalue weighted by atomic mass is 16.4. The third-order valence-electron chi connectivity index (χ3n) is 4.36. The second kappa shape index (κ2) is 8.47. The average Bonchev–Trinajstić information content (AvgIpc) is 3.08. The molecule has 2 rings (SSSR count). The highest BCUT2D eigenvalue weighted by Gasteiger charge is 2.33. The van der Waals surface area contributed by atoms with Crippen molar-refractivity contribution in [2.75, 3.05) is 13.1 Å². The second-order valence-electron chi connectivity index (χ2n) is 5.98. The molecule has 0 saturated carbocycles. The fourth-order valence-corrected chi connectivity index (χ4v) is 3.02. The van der Waals surface area contributed by atoms with Gasteiger partial charge in [0.05, 0.1) is 0 Å². The van der Waals surface area contributed by atoms with Gasteiger partial charge in [0.15, 0.2) is 0 Å². The van der Waals surface area contributed by atoms with Crippen LogP contribution < -0.4 is 0 Å². The van der Waals surface area contributed by atoms with E-state index >= 15 is 0 Å². The number of benzene rings is 1. The Hall–Kier alpha value is -2.37. The van der Waals surface area contributed by atoms with E-state index in [4.69, 9.17) is 5.11 Å². The SMILES string of the molecule is CCN(Cc1ccccc1)C(=O)CCC(=O)N1CCC[C@H]1C(=O)O. The van der Waals surface area contributed by atoms with Gasteiger partial charge >= 0.3 is 5.97 Å². The van der Waals surface area contributed by atoms with Crippen molar-refractivity contribution in [1.29, 1.82) is 0 Å². The lowest BCUT2D eigenvalue weighted by Crippen LogP contribution is -2.41. The van der Waals surface area contributed by atoms with E-state index in [-0.39, 0.29) is 24.7 Å². The van der Waals surface area contributed by atoms with Gasteiger partial charge in [-0.2, -0.15) is 0 Å². The lowest BCUT2D eigenvalue weighted by molar-refractivity contribution is -0.148. The minimum Gasteiger partial charge on any atom is -0.480 e. The van der Waals surface area contributed by atoms with Crippen molar-refractivity contribution >= 4 is 17.8 Å². The van der Waals surface area contributed by atoms with Gasteiger partial charge in [-0.3, -0.25) is 9.59 Å². The first-order chi connectivity index (χ1) is 11.5. The standard InChI is InChI=1S/C18H24N2O4/c1-2-19(13-14-7-4-3-5-8-14)16(21)10-11-17(22)20-12-6-9-15(20)18(23)24/h3-5,7-8,15H,2,6,9-13H2,1H3,(H,23,24)/t15-/m0/s1. The number of amides is 2. The molecular weight excluding hydrogens is 308 g/mol. The molecule has 6 nitrogen and oxygen atoms in total. The molecule has 0 radical (unpaired) electrons. The lowest BCUT2D eigenvalue weighted by atomic mass is 10.2. The summed E-state index contributed by atoms with van der Waals surface area (Å²) < 4.78 is 0. The average molecular weight is 332 g/mol. The first-order valence-corrected chi connectivity index (χ1v) is 8.37. The van der Waals surface area contributed by atoms with Gasteiger partial charge in [0.2, 0.25) is 11.8 Å². The number of carboxylic acids is 1. The quantitative estimate of drug-likeness (QED) is 0.827. The van der Waals surface area contributed by atoms with Gasteiger partial charge in [-0.05, 0) is 25.3 Å². The molecular formula is C18H24N2O4. The summed E-state index contributed by atoms with van der Waals surface area (Å²) in [6.07, 6.45) is 1.37. The van der Waals surface area contributed by atoms with E-state index in [2.05, 4.69) is 0 Å². The number of likely N-dealkylation sites (tertiary alicyclic amines) is 1. The molecule has 1 N–H and O–H groups in total. The van der Waals surface area contributed by atoms with Crippen molar-refractivity contribution in [3.05, 3.63) is 35.9 Å². The molecule has 1 fully saturated rings. The molecule has 1 heterocycles. The smallest absolute Gasteiger partial charge is 0.326 e. The van der Waals surface area contributed by atoms with Crippen molar-refractivity contribution in [1.82, 2.24) is 9.80 Å². The predicted molar refractivity (Wildman–Crippen MR) is 89.1 cm³/mol. The van der Waals surface area contributed by atoms with Crippen molar-refractivity contribution in [3.8, 4) is 0 Å². The third-order valence-corrected chi connectivity index (χ3v) is 4.36. The van der Waals surface area contributed by atoms with Gasteiger partial charge in [-0.25, -0.2) is 4.79 Å². The molecule has 0 unspecified atom stereocenters. The number of rotatable bonds is 7. The van der Waals surface area contributed by atoms with E-state index in [0.29, 0.717) is 32.5 Å². The molecule has 0 spiro atoms. The zero-order valence-electron chi connectivity index (χ0n) is 14.0. The van der Waals surface area contributed by atoms with E-state index in [1.165, 1.54) is 4.90 Å². The molecule has 1 aromatic carbocycles. The van der Waals surface area contributed by atoms with Crippen LogP contribution in [0.5, 0.6) is 0 Å². The summed E-state index contributed by atoms with van der Waals surface area (Å²) in [4.78, 5) is 38.8. The zero-order chi connectivity index (χ0) is 17.5. The molecule has 24 heavy (non-hydrogen) atoms. The topological polar surface area (TPSA) is 77.9 Å². The molecule has 1 aliphatic rings. The van der Waals surface area contributed by atoms with Crippen LogP contribution in [0.4, 0.5) is 0 Å². The Labute approximate surface area is 142 Å². The summed E-state index contributed by atoms with van der Waals surface area (Å²) in [6, 6.07) is 8.97. The third kappa shape index (κ3) is 4.57. The molecule has 6 heteroatoms. The van der Waals surface area contributed by atoms with Crippen molar-refractivity contribution in [2.45, 2.75) is 45.2 Å². The Balaban J connectivity index is 1.86. The summed E-state index contributed by atoms with van der Waals surface area (Å²) >= 11 is 0. The minimum absolute atomic E-state index is 0.0634. The van der Waals surface area contributed by atoms with Gasteiger partial charge in [0, 0.05) is 32.5 Å². The summed E-state index contributed by atoms with van der Waals surface area (Å²) in [5, 5.41) is 9.13. The van der Waals surface area contributed by atoms with E-state index in [1.807, 2.05) is 37.3 Å². The van der Waals surface area contributed by atoms with Crippen LogP contribution >= 0.6 is 0 Å². The number of aliphatic carboxylic acids is 1. The number of carboxylic acid groups (broad SMARTS) is 1. The fourth-order valence-electron chi connectivity index (χ4n) is 3.02. The Morgan fingerprint density at radius 2 is 1.92 bits per heavy atom. The Bertz CT molecular complexity index is 588. The normalized spacial score (nSPS) is 16.9. The van der Waals surface area contributed by atoms with Crippen LogP contribution in [0.25, 0.3) is 0 Å². The lowest BCUT2D eigenvalue weighted by Gasteiger charge is -2.23. The summed E-state index contributed by atoms with van der Waals surface area (Å²) in [5.74, 6) is -1.30. The minimum atomic E-state index is -0.966. The van der Waals surface area contributed by atoms with Crippen molar-refractivity contribution in [3.63, 3.8) is 0 Å². The molecule has 0 aromatic heterocycles. The van der Waals surface area contributed by atoms with Crippen LogP contribution in [-0.4, -0.2) is 51.8 Å². The van der Waals surface area contributed by atoms with E-state index in [9.17, 15) is 14.4 Å². The molecule has 1 atom stereocenters. The highest BCUT2D eigenvalue weighted by molar-refractivity contribution is 5.87. The van der Waals surface area contributed by atoms with Crippen LogP contribution in [0.1, 0.15) is 38.2 Å². The van der Waals surface area contributed by atoms with E-state index in [0.717, 1.165) is 5.56 Å². The Morgan fingerprint density at radius 1 is 1.21 bits per heavy atom. The molecule has 0 aliphatic carbocycles. The maximum atomic E-state index is 12.4. The maximum absolute atomic E-state index is 12.4. The number of carbonyl (C=O) groups is 3. The van der Waals surface area contributed by atoms with Gasteiger partial charge in [0.25, 0.3) is 0 Å². The molecule has 2 amide bonds. The largest absolute Gasteiger partial charge is 0.480 e. The van der Waals surface area contributed by atoms with Gasteiger partial charge < -0.3 is 14.9 Å². The molecule has 1 aliphatic heterocycles. The summed E-state index contributed by atoms with van der Waals surface area (Å²) in [7, 11) is 0.